The Morgan fingerprint density at radius 2 is 2.18 bits per heavy atom. The number of nitrogens with zero attached hydrogens (tertiary/aromatic N) is 4. The van der Waals surface area contributed by atoms with Gasteiger partial charge in [0.15, 0.2) is 17.7 Å². The highest BCUT2D eigenvalue weighted by Crippen LogP contribution is 2.47. The molecule has 4 heterocycles. The molecule has 1 aromatic carbocycles. The van der Waals surface area contributed by atoms with Crippen LogP contribution in [0.1, 0.15) is 18.2 Å². The van der Waals surface area contributed by atoms with Gasteiger partial charge in [0.05, 0.1) is 25.6 Å². The molecule has 10 nitrogen and oxygen atoms in total. The number of hydrogen-bond acceptors (Lipinski definition) is 9. The fourth-order valence-electron chi connectivity index (χ4n) is 3.29. The van der Waals surface area contributed by atoms with Gasteiger partial charge in [0, 0.05) is 12.0 Å². The lowest BCUT2D eigenvalue weighted by Gasteiger charge is -2.24. The van der Waals surface area contributed by atoms with E-state index in [0.29, 0.717) is 24.2 Å². The number of nitrogens with two attached hydrogens (primary N) is 1. The number of hydrogen-bond donors (Lipinski definition) is 2. The second-order valence-corrected chi connectivity index (χ2v) is 7.67. The van der Waals surface area contributed by atoms with Gasteiger partial charge in [0.2, 0.25) is 0 Å². The molecule has 2 aromatic heterocycles. The molecule has 11 heteroatoms. The van der Waals surface area contributed by atoms with Gasteiger partial charge in [0.25, 0.3) is 0 Å². The Morgan fingerprint density at radius 3 is 3.11 bits per heavy atom. The molecule has 28 heavy (non-hydrogen) atoms. The quantitative estimate of drug-likeness (QED) is 0.628. The van der Waals surface area contributed by atoms with Crippen LogP contribution in [-0.4, -0.2) is 43.4 Å². The summed E-state index contributed by atoms with van der Waals surface area (Å²) >= 11 is 0. The molecule has 0 spiro atoms. The van der Waals surface area contributed by atoms with E-state index in [9.17, 15) is 5.11 Å². The molecular formula is C17H18N5O5P. The summed E-state index contributed by atoms with van der Waals surface area (Å²) in [6.07, 6.45) is 1.63. The highest BCUT2D eigenvalue weighted by molar-refractivity contribution is 7.42. The van der Waals surface area contributed by atoms with Gasteiger partial charge in [-0.15, -0.1) is 0 Å². The number of benzene rings is 1. The van der Waals surface area contributed by atoms with Gasteiger partial charge in [-0.2, -0.15) is 0 Å². The van der Waals surface area contributed by atoms with Gasteiger partial charge in [-0.05, 0) is 6.07 Å². The lowest BCUT2D eigenvalue weighted by Crippen LogP contribution is -2.19. The number of imidazole rings is 1. The van der Waals surface area contributed by atoms with Crippen molar-refractivity contribution < 1.29 is 23.4 Å². The largest absolute Gasteiger partial charge is 0.426 e. The molecule has 146 valence electrons. The van der Waals surface area contributed by atoms with Crippen molar-refractivity contribution in [2.45, 2.75) is 31.5 Å². The number of rotatable bonds is 4. The third kappa shape index (κ3) is 3.19. The number of fused-ring (bicyclic) bond motifs is 2. The van der Waals surface area contributed by atoms with E-state index >= 15 is 0 Å². The Hall–Kier alpha value is -2.36. The smallest absolute Gasteiger partial charge is 0.397 e. The minimum Gasteiger partial charge on any atom is -0.426 e. The Morgan fingerprint density at radius 1 is 1.29 bits per heavy atom. The van der Waals surface area contributed by atoms with Crippen LogP contribution in [0.15, 0.2) is 36.9 Å². The molecule has 5 rings (SSSR count). The van der Waals surface area contributed by atoms with E-state index in [2.05, 4.69) is 15.0 Å². The van der Waals surface area contributed by atoms with Crippen molar-refractivity contribution >= 4 is 25.6 Å². The van der Waals surface area contributed by atoms with Crippen molar-refractivity contribution in [3.8, 4) is 5.75 Å². The molecule has 0 aliphatic carbocycles. The van der Waals surface area contributed by atoms with Crippen LogP contribution in [0.4, 0.5) is 5.82 Å². The van der Waals surface area contributed by atoms with Crippen LogP contribution in [0, 0.1) is 0 Å². The molecule has 0 amide bonds. The second-order valence-electron chi connectivity index (χ2n) is 6.53. The molecule has 2 aliphatic heterocycles. The number of nitrogen functional groups attached to an aromatic ring is 1. The van der Waals surface area contributed by atoms with Gasteiger partial charge in [-0.3, -0.25) is 13.6 Å². The van der Waals surface area contributed by atoms with Gasteiger partial charge in [0.1, 0.15) is 23.7 Å². The van der Waals surface area contributed by atoms with Gasteiger partial charge >= 0.3 is 8.60 Å². The maximum absolute atomic E-state index is 10.5. The minimum absolute atomic E-state index is 0.241. The lowest BCUT2D eigenvalue weighted by molar-refractivity contribution is -0.0473. The summed E-state index contributed by atoms with van der Waals surface area (Å²) in [5, 5.41) is 10.5. The van der Waals surface area contributed by atoms with E-state index in [1.165, 1.54) is 6.33 Å². The van der Waals surface area contributed by atoms with Gasteiger partial charge in [-0.25, -0.2) is 15.0 Å². The molecule has 3 N–H and O–H groups in total. The monoisotopic (exact) mass is 403 g/mol. The zero-order valence-corrected chi connectivity index (χ0v) is 15.6. The van der Waals surface area contributed by atoms with E-state index in [4.69, 9.17) is 24.0 Å². The van der Waals surface area contributed by atoms with E-state index < -0.39 is 20.9 Å². The summed E-state index contributed by atoms with van der Waals surface area (Å²) in [5.74, 6) is 1.05. The Labute approximate surface area is 161 Å². The third-order valence-electron chi connectivity index (χ3n) is 4.66. The molecule has 0 radical (unpaired) electrons. The van der Waals surface area contributed by atoms with Crippen molar-refractivity contribution in [1.82, 2.24) is 19.5 Å². The predicted octanol–water partition coefficient (Wildman–Crippen LogP) is 1.91. The van der Waals surface area contributed by atoms with Crippen molar-refractivity contribution in [3.63, 3.8) is 0 Å². The molecule has 4 atom stereocenters. The average molecular weight is 403 g/mol. The summed E-state index contributed by atoms with van der Waals surface area (Å²) in [6, 6.07) is 7.69. The summed E-state index contributed by atoms with van der Waals surface area (Å²) < 4.78 is 24.8. The number of aliphatic hydroxyl groups is 1. The number of aliphatic hydroxyl groups excluding tert-OH is 1. The predicted molar refractivity (Wildman–Crippen MR) is 99.0 cm³/mol. The molecule has 3 aromatic rings. The molecule has 1 fully saturated rings. The summed E-state index contributed by atoms with van der Waals surface area (Å²) in [7, 11) is -1.50. The van der Waals surface area contributed by atoms with Crippen molar-refractivity contribution in [2.24, 2.45) is 0 Å². The Kier molecular flexibility index (Phi) is 4.58. The van der Waals surface area contributed by atoms with E-state index in [1.54, 1.807) is 10.9 Å². The van der Waals surface area contributed by atoms with Crippen LogP contribution in [0.25, 0.3) is 11.2 Å². The van der Waals surface area contributed by atoms with E-state index in [0.717, 1.165) is 11.3 Å². The number of para-hydroxylation sites is 1. The second kappa shape index (κ2) is 7.23. The Bertz CT molecular complexity index is 1000. The SMILES string of the molecule is Nc1ncnc2c1ncn2C1OC(COP2OCc3ccccc3O2)CC1O. The molecular weight excluding hydrogens is 385 g/mol. The number of aromatic nitrogens is 4. The molecule has 0 bridgehead atoms. The highest BCUT2D eigenvalue weighted by atomic mass is 31.2. The summed E-state index contributed by atoms with van der Waals surface area (Å²) in [5.41, 5.74) is 7.80. The van der Waals surface area contributed by atoms with E-state index in [-0.39, 0.29) is 18.5 Å². The van der Waals surface area contributed by atoms with E-state index in [1.807, 2.05) is 24.3 Å². The Balaban J connectivity index is 1.23. The number of anilines is 1. The van der Waals surface area contributed by atoms with Crippen molar-refractivity contribution in [3.05, 3.63) is 42.5 Å². The normalized spacial score (nSPS) is 26.9. The van der Waals surface area contributed by atoms with Crippen LogP contribution < -0.4 is 10.3 Å². The lowest BCUT2D eigenvalue weighted by atomic mass is 10.2. The zero-order valence-electron chi connectivity index (χ0n) is 14.7. The van der Waals surface area contributed by atoms with Crippen LogP contribution in [0.3, 0.4) is 0 Å². The maximum Gasteiger partial charge on any atom is 0.397 e. The fourth-order valence-corrected chi connectivity index (χ4v) is 4.34. The first-order valence-electron chi connectivity index (χ1n) is 8.77. The highest BCUT2D eigenvalue weighted by Gasteiger charge is 2.37. The van der Waals surface area contributed by atoms with Crippen molar-refractivity contribution in [2.75, 3.05) is 12.3 Å². The molecule has 2 aliphatic rings. The first-order chi connectivity index (χ1) is 13.7. The number of ether oxygens (including phenoxy) is 1. The topological polar surface area (TPSA) is 127 Å². The van der Waals surface area contributed by atoms with Crippen molar-refractivity contribution in [1.29, 1.82) is 0 Å². The average Bonchev–Trinajstić information content (AvgIpc) is 3.30. The third-order valence-corrected chi connectivity index (χ3v) is 5.71. The zero-order chi connectivity index (χ0) is 19.1. The van der Waals surface area contributed by atoms with Crippen LogP contribution >= 0.6 is 8.60 Å². The molecule has 0 saturated carbocycles. The first kappa shape index (κ1) is 17.7. The minimum atomic E-state index is -1.50. The molecule has 4 unspecified atom stereocenters. The summed E-state index contributed by atoms with van der Waals surface area (Å²) in [6.45, 7) is 0.686. The standard InChI is InChI=1S/C17H18N5O5P/c18-15-14-16(20-8-19-15)22(9-21-14)17-12(23)5-11(26-17)7-25-28-24-6-10-3-1-2-4-13(10)27-28/h1-4,8-9,11-12,17,23H,5-7H2,(H2,18,19,20). The van der Waals surface area contributed by atoms with Gasteiger partial charge in [-0.1, -0.05) is 18.2 Å². The summed E-state index contributed by atoms with van der Waals surface area (Å²) in [4.78, 5) is 12.3. The fraction of sp³-hybridized carbons (Fsp3) is 0.353. The molecule has 1 saturated heterocycles. The van der Waals surface area contributed by atoms with Crippen LogP contribution in [0.2, 0.25) is 0 Å². The maximum atomic E-state index is 10.5. The van der Waals surface area contributed by atoms with Gasteiger partial charge < -0.3 is 20.1 Å². The van der Waals surface area contributed by atoms with Crippen LogP contribution in [0.5, 0.6) is 5.75 Å². The van der Waals surface area contributed by atoms with Crippen LogP contribution in [-0.2, 0) is 20.4 Å². The first-order valence-corrected chi connectivity index (χ1v) is 9.87.